The van der Waals surface area contributed by atoms with E-state index in [1.807, 2.05) is 20.8 Å². The third-order valence-corrected chi connectivity index (χ3v) is 5.41. The van der Waals surface area contributed by atoms with Crippen LogP contribution in [0.3, 0.4) is 0 Å². The third kappa shape index (κ3) is 4.68. The van der Waals surface area contributed by atoms with E-state index in [0.717, 1.165) is 10.1 Å². The minimum Gasteiger partial charge on any atom is -0.384 e. The van der Waals surface area contributed by atoms with Gasteiger partial charge in [-0.1, -0.05) is 26.0 Å². The molecule has 0 aliphatic carbocycles. The highest BCUT2D eigenvalue weighted by Crippen LogP contribution is 2.28. The number of benzene rings is 1. The van der Waals surface area contributed by atoms with Gasteiger partial charge >= 0.3 is 5.69 Å². The van der Waals surface area contributed by atoms with E-state index in [4.69, 9.17) is 5.73 Å². The van der Waals surface area contributed by atoms with Crippen molar-refractivity contribution in [1.82, 2.24) is 9.13 Å². The molecule has 8 heteroatoms. The molecular formula is C19H24FN3O3S. The number of carbonyl (C=O) groups excluding carboxylic acids is 1. The standard InChI is InChI=1S/C19H24FN3O3S/c1-11(2)9-23-17(21)16(18(25)22(4)19(23)26)15(24)10-27-12(3)13-5-7-14(20)8-6-13/h5-8,11-12H,9-10,21H2,1-4H3. The molecule has 2 rings (SSSR count). The van der Waals surface area contributed by atoms with Gasteiger partial charge in [-0.25, -0.2) is 9.18 Å². The second-order valence-corrected chi connectivity index (χ2v) is 8.17. The van der Waals surface area contributed by atoms with E-state index >= 15 is 0 Å². The maximum absolute atomic E-state index is 13.0. The lowest BCUT2D eigenvalue weighted by atomic mass is 10.2. The van der Waals surface area contributed by atoms with Crippen molar-refractivity contribution < 1.29 is 9.18 Å². The number of nitrogens with zero attached hydrogens (tertiary/aromatic N) is 2. The summed E-state index contributed by atoms with van der Waals surface area (Å²) in [4.78, 5) is 37.4. The molecule has 27 heavy (non-hydrogen) atoms. The molecule has 0 aliphatic rings. The zero-order valence-corrected chi connectivity index (χ0v) is 16.7. The van der Waals surface area contributed by atoms with Crippen molar-refractivity contribution in [3.63, 3.8) is 0 Å². The molecule has 1 heterocycles. The van der Waals surface area contributed by atoms with Gasteiger partial charge in [-0.15, -0.1) is 11.8 Å². The van der Waals surface area contributed by atoms with Crippen LogP contribution in [-0.2, 0) is 13.6 Å². The molecule has 2 N–H and O–H groups in total. The van der Waals surface area contributed by atoms with Gasteiger partial charge in [-0.2, -0.15) is 0 Å². The quantitative estimate of drug-likeness (QED) is 0.731. The predicted octanol–water partition coefficient (Wildman–Crippen LogP) is 2.60. The Morgan fingerprint density at radius 3 is 2.33 bits per heavy atom. The molecule has 0 saturated heterocycles. The van der Waals surface area contributed by atoms with Crippen LogP contribution in [0.2, 0.25) is 0 Å². The molecule has 0 aliphatic heterocycles. The molecule has 0 fully saturated rings. The Kier molecular flexibility index (Phi) is 6.64. The molecule has 1 aromatic heterocycles. The summed E-state index contributed by atoms with van der Waals surface area (Å²) < 4.78 is 15.2. The summed E-state index contributed by atoms with van der Waals surface area (Å²) in [5.74, 6) is -0.687. The number of halogens is 1. The number of carbonyl (C=O) groups is 1. The number of hydrogen-bond acceptors (Lipinski definition) is 5. The number of Topliss-reactive ketones (excluding diaryl/α,β-unsaturated/α-hetero) is 1. The first-order valence-electron chi connectivity index (χ1n) is 8.63. The van der Waals surface area contributed by atoms with E-state index < -0.39 is 17.0 Å². The summed E-state index contributed by atoms with van der Waals surface area (Å²) in [6.07, 6.45) is 0. The van der Waals surface area contributed by atoms with Crippen molar-refractivity contribution in [1.29, 1.82) is 0 Å². The molecule has 0 radical (unpaired) electrons. The van der Waals surface area contributed by atoms with Gasteiger partial charge in [0.2, 0.25) is 0 Å². The van der Waals surface area contributed by atoms with Crippen molar-refractivity contribution in [2.75, 3.05) is 11.5 Å². The SMILES string of the molecule is CC(C)Cn1c(N)c(C(=O)CSC(C)c2ccc(F)cc2)c(=O)n(C)c1=O. The maximum atomic E-state index is 13.0. The highest BCUT2D eigenvalue weighted by atomic mass is 32.2. The van der Waals surface area contributed by atoms with Crippen molar-refractivity contribution in [2.24, 2.45) is 13.0 Å². The topological polar surface area (TPSA) is 87.1 Å². The Balaban J connectivity index is 2.28. The monoisotopic (exact) mass is 393 g/mol. The second kappa shape index (κ2) is 8.56. The van der Waals surface area contributed by atoms with E-state index in [1.54, 1.807) is 12.1 Å². The van der Waals surface area contributed by atoms with Crippen LogP contribution in [0.4, 0.5) is 10.2 Å². The van der Waals surface area contributed by atoms with Gasteiger partial charge in [0.1, 0.15) is 17.2 Å². The van der Waals surface area contributed by atoms with Gasteiger partial charge in [-0.3, -0.25) is 18.7 Å². The first-order valence-corrected chi connectivity index (χ1v) is 9.67. The van der Waals surface area contributed by atoms with Gasteiger partial charge in [-0.05, 0) is 30.5 Å². The van der Waals surface area contributed by atoms with Crippen LogP contribution >= 0.6 is 11.8 Å². The molecule has 2 aromatic rings. The van der Waals surface area contributed by atoms with Gasteiger partial charge < -0.3 is 5.73 Å². The molecule has 0 amide bonds. The maximum Gasteiger partial charge on any atom is 0.332 e. The fourth-order valence-electron chi connectivity index (χ4n) is 2.69. The average molecular weight is 393 g/mol. The van der Waals surface area contributed by atoms with E-state index in [2.05, 4.69) is 0 Å². The molecule has 146 valence electrons. The molecular weight excluding hydrogens is 369 g/mol. The highest BCUT2D eigenvalue weighted by Gasteiger charge is 2.22. The molecule has 1 unspecified atom stereocenters. The summed E-state index contributed by atoms with van der Waals surface area (Å²) in [7, 11) is 1.34. The smallest absolute Gasteiger partial charge is 0.332 e. The molecule has 1 atom stereocenters. The number of thioether (sulfide) groups is 1. The van der Waals surface area contributed by atoms with Gasteiger partial charge in [0.05, 0.1) is 5.75 Å². The van der Waals surface area contributed by atoms with Crippen LogP contribution in [-0.4, -0.2) is 20.7 Å². The minimum atomic E-state index is -0.683. The summed E-state index contributed by atoms with van der Waals surface area (Å²) in [5.41, 5.74) is 5.52. The number of rotatable bonds is 7. The lowest BCUT2D eigenvalue weighted by Gasteiger charge is -2.16. The predicted molar refractivity (Wildman–Crippen MR) is 107 cm³/mol. The van der Waals surface area contributed by atoms with E-state index in [0.29, 0.717) is 6.54 Å². The number of nitrogen functional groups attached to an aromatic ring is 1. The fraction of sp³-hybridized carbons (Fsp3) is 0.421. The van der Waals surface area contributed by atoms with Crippen LogP contribution in [0, 0.1) is 11.7 Å². The van der Waals surface area contributed by atoms with Crippen molar-refractivity contribution in [3.05, 3.63) is 62.0 Å². The number of nitrogens with two attached hydrogens (primary N) is 1. The average Bonchev–Trinajstić information content (AvgIpc) is 2.62. The Hall–Kier alpha value is -2.35. The van der Waals surface area contributed by atoms with Crippen LogP contribution in [0.25, 0.3) is 0 Å². The van der Waals surface area contributed by atoms with Gasteiger partial charge in [0.15, 0.2) is 5.78 Å². The van der Waals surface area contributed by atoms with Crippen molar-refractivity contribution in [3.8, 4) is 0 Å². The number of aromatic nitrogens is 2. The first-order chi connectivity index (χ1) is 12.6. The minimum absolute atomic E-state index is 0.0257. The Morgan fingerprint density at radius 2 is 1.78 bits per heavy atom. The molecule has 0 spiro atoms. The summed E-state index contributed by atoms with van der Waals surface area (Å²) >= 11 is 1.32. The Bertz CT molecular complexity index is 948. The Labute approximate surface area is 161 Å². The van der Waals surface area contributed by atoms with E-state index in [1.165, 1.54) is 35.5 Å². The van der Waals surface area contributed by atoms with Crippen molar-refractivity contribution >= 4 is 23.4 Å². The zero-order valence-electron chi connectivity index (χ0n) is 15.9. The van der Waals surface area contributed by atoms with Crippen LogP contribution < -0.4 is 17.0 Å². The molecule has 0 saturated carbocycles. The summed E-state index contributed by atoms with van der Waals surface area (Å²) in [5, 5.41) is -0.0683. The Morgan fingerprint density at radius 1 is 1.19 bits per heavy atom. The number of ketones is 1. The lowest BCUT2D eigenvalue weighted by Crippen LogP contribution is -2.43. The molecule has 1 aromatic carbocycles. The van der Waals surface area contributed by atoms with Crippen LogP contribution in [0.1, 0.15) is 41.9 Å². The number of hydrogen-bond donors (Lipinski definition) is 1. The lowest BCUT2D eigenvalue weighted by molar-refractivity contribution is 0.102. The largest absolute Gasteiger partial charge is 0.384 e. The first kappa shape index (κ1) is 21.0. The van der Waals surface area contributed by atoms with E-state index in [9.17, 15) is 18.8 Å². The van der Waals surface area contributed by atoms with Crippen LogP contribution in [0.5, 0.6) is 0 Å². The summed E-state index contributed by atoms with van der Waals surface area (Å²) in [6.45, 7) is 6.04. The van der Waals surface area contributed by atoms with Crippen molar-refractivity contribution in [2.45, 2.75) is 32.6 Å². The van der Waals surface area contributed by atoms with Gasteiger partial charge in [0.25, 0.3) is 5.56 Å². The second-order valence-electron chi connectivity index (χ2n) is 6.84. The number of anilines is 1. The summed E-state index contributed by atoms with van der Waals surface area (Å²) in [6, 6.07) is 6.05. The van der Waals surface area contributed by atoms with Gasteiger partial charge in [0, 0.05) is 18.8 Å². The third-order valence-electron chi connectivity index (χ3n) is 4.21. The molecule has 6 nitrogen and oxygen atoms in total. The van der Waals surface area contributed by atoms with E-state index in [-0.39, 0.29) is 34.1 Å². The van der Waals surface area contributed by atoms with Crippen LogP contribution in [0.15, 0.2) is 33.9 Å². The highest BCUT2D eigenvalue weighted by molar-refractivity contribution is 8.00. The normalized spacial score (nSPS) is 12.4. The fourth-order valence-corrected chi connectivity index (χ4v) is 3.59. The molecule has 0 bridgehead atoms. The zero-order chi connectivity index (χ0) is 20.3.